The molecule has 0 aliphatic heterocycles. The number of halogens is 1. The van der Waals surface area contributed by atoms with Crippen molar-refractivity contribution in [3.8, 4) is 0 Å². The van der Waals surface area contributed by atoms with Crippen LogP contribution in [0.4, 0.5) is 4.39 Å². The Morgan fingerprint density at radius 1 is 0.739 bits per heavy atom. The maximum atomic E-state index is 13.6. The highest BCUT2D eigenvalue weighted by Crippen LogP contribution is 2.16. The molecule has 1 atom stereocenters. The van der Waals surface area contributed by atoms with Gasteiger partial charge in [0, 0.05) is 0 Å². The van der Waals surface area contributed by atoms with Gasteiger partial charge in [-0.15, -0.1) is 0 Å². The zero-order valence-corrected chi connectivity index (χ0v) is 16.0. The topological polar surface area (TPSA) is 43.4 Å². The minimum absolute atomic E-state index is 0.0498. The molecule has 0 saturated carbocycles. The van der Waals surface area contributed by atoms with Gasteiger partial charge in [-0.2, -0.15) is 8.42 Å². The van der Waals surface area contributed by atoms with Crippen LogP contribution >= 0.6 is 0 Å². The van der Waals surface area contributed by atoms with E-state index < -0.39 is 15.6 Å². The Hall–Kier alpha value is -0.160. The molecule has 0 aliphatic rings. The van der Waals surface area contributed by atoms with Gasteiger partial charge in [0.05, 0.1) is 6.61 Å². The fourth-order valence-electron chi connectivity index (χ4n) is 2.54. The second kappa shape index (κ2) is 15.4. The van der Waals surface area contributed by atoms with Crippen molar-refractivity contribution in [1.29, 1.82) is 0 Å². The van der Waals surface area contributed by atoms with Crippen LogP contribution in [0.15, 0.2) is 0 Å². The predicted molar refractivity (Wildman–Crippen MR) is 95.8 cm³/mol. The summed E-state index contributed by atoms with van der Waals surface area (Å²) in [4.78, 5) is 0. The maximum absolute atomic E-state index is 13.6. The van der Waals surface area contributed by atoms with Gasteiger partial charge in [-0.25, -0.2) is 4.39 Å². The van der Waals surface area contributed by atoms with Gasteiger partial charge in [0.25, 0.3) is 10.1 Å². The highest BCUT2D eigenvalue weighted by molar-refractivity contribution is 7.87. The summed E-state index contributed by atoms with van der Waals surface area (Å²) >= 11 is 0. The van der Waals surface area contributed by atoms with Crippen LogP contribution in [0.1, 0.15) is 104 Å². The van der Waals surface area contributed by atoms with Crippen molar-refractivity contribution in [2.45, 2.75) is 109 Å². The van der Waals surface area contributed by atoms with Crippen molar-refractivity contribution in [3.05, 3.63) is 0 Å². The third-order valence-corrected chi connectivity index (χ3v) is 5.45. The van der Waals surface area contributed by atoms with Gasteiger partial charge in [-0.3, -0.25) is 4.18 Å². The number of rotatable bonds is 17. The van der Waals surface area contributed by atoms with E-state index in [0.717, 1.165) is 25.7 Å². The van der Waals surface area contributed by atoms with Crippen molar-refractivity contribution < 1.29 is 17.0 Å². The smallest absolute Gasteiger partial charge is 0.268 e. The summed E-state index contributed by atoms with van der Waals surface area (Å²) < 4.78 is 41.6. The second-order valence-corrected chi connectivity index (χ2v) is 8.14. The normalized spacial score (nSPS) is 13.3. The molecule has 0 bridgehead atoms. The van der Waals surface area contributed by atoms with Crippen LogP contribution in [0.25, 0.3) is 0 Å². The standard InChI is InChI=1S/C18H37FO3S/c1-3-5-7-8-9-10-11-12-13-15-17-22-23(20,21)18(19)16-14-6-4-2/h18H,3-17H2,1-2H3. The van der Waals surface area contributed by atoms with E-state index in [1.807, 2.05) is 6.92 Å². The molecule has 23 heavy (non-hydrogen) atoms. The molecule has 0 rings (SSSR count). The SMILES string of the molecule is CCCCCCCCCCCCOS(=O)(=O)C(F)CCCCC. The monoisotopic (exact) mass is 352 g/mol. The van der Waals surface area contributed by atoms with Crippen LogP contribution in [0.3, 0.4) is 0 Å². The zero-order valence-electron chi connectivity index (χ0n) is 15.2. The van der Waals surface area contributed by atoms with E-state index in [1.54, 1.807) is 0 Å². The first kappa shape index (κ1) is 22.8. The lowest BCUT2D eigenvalue weighted by molar-refractivity contribution is 0.271. The molecule has 5 heteroatoms. The predicted octanol–water partition coefficient (Wildman–Crippen LogP) is 6.13. The Kier molecular flexibility index (Phi) is 15.3. The molecule has 1 unspecified atom stereocenters. The highest BCUT2D eigenvalue weighted by atomic mass is 32.2. The molecule has 0 N–H and O–H groups in total. The Balaban J connectivity index is 3.48. The Bertz CT molecular complexity index is 344. The van der Waals surface area contributed by atoms with Crippen LogP contribution < -0.4 is 0 Å². The van der Waals surface area contributed by atoms with Gasteiger partial charge in [-0.1, -0.05) is 84.5 Å². The van der Waals surface area contributed by atoms with E-state index in [1.165, 1.54) is 44.9 Å². The van der Waals surface area contributed by atoms with Gasteiger partial charge in [-0.05, 0) is 19.3 Å². The lowest BCUT2D eigenvalue weighted by Gasteiger charge is -2.10. The quantitative estimate of drug-likeness (QED) is 0.234. The summed E-state index contributed by atoms with van der Waals surface area (Å²) in [7, 11) is -4.02. The molecule has 0 aromatic carbocycles. The molecule has 0 amide bonds. The molecule has 0 spiro atoms. The molecular formula is C18H37FO3S. The van der Waals surface area contributed by atoms with Gasteiger partial charge < -0.3 is 0 Å². The van der Waals surface area contributed by atoms with Crippen molar-refractivity contribution in [1.82, 2.24) is 0 Å². The molecule has 0 heterocycles. The summed E-state index contributed by atoms with van der Waals surface area (Å²) in [5.74, 6) is 0. The van der Waals surface area contributed by atoms with E-state index in [9.17, 15) is 12.8 Å². The number of hydrogen-bond acceptors (Lipinski definition) is 3. The molecule has 0 aromatic heterocycles. The third-order valence-electron chi connectivity index (χ3n) is 4.09. The third kappa shape index (κ3) is 13.9. The van der Waals surface area contributed by atoms with Crippen molar-refractivity contribution in [3.63, 3.8) is 0 Å². The van der Waals surface area contributed by atoms with E-state index in [-0.39, 0.29) is 13.0 Å². The molecule has 0 aromatic rings. The number of alkyl halides is 1. The number of hydrogen-bond donors (Lipinski definition) is 0. The Labute approximate surface area is 143 Å². The van der Waals surface area contributed by atoms with Crippen LogP contribution in [-0.2, 0) is 14.3 Å². The second-order valence-electron chi connectivity index (χ2n) is 6.40. The van der Waals surface area contributed by atoms with Gasteiger partial charge >= 0.3 is 0 Å². The summed E-state index contributed by atoms with van der Waals surface area (Å²) in [5.41, 5.74) is -1.86. The molecule has 140 valence electrons. The first-order valence-corrected chi connectivity index (χ1v) is 11.0. The van der Waals surface area contributed by atoms with E-state index >= 15 is 0 Å². The molecule has 0 saturated heterocycles. The van der Waals surface area contributed by atoms with Crippen LogP contribution in [0.2, 0.25) is 0 Å². The van der Waals surface area contributed by atoms with E-state index in [0.29, 0.717) is 12.8 Å². The first-order valence-electron chi connectivity index (χ1n) is 9.57. The maximum Gasteiger partial charge on any atom is 0.299 e. The molecule has 0 fully saturated rings. The van der Waals surface area contributed by atoms with E-state index in [2.05, 4.69) is 6.92 Å². The van der Waals surface area contributed by atoms with Crippen molar-refractivity contribution in [2.24, 2.45) is 0 Å². The molecule has 3 nitrogen and oxygen atoms in total. The molecule has 0 aliphatic carbocycles. The minimum Gasteiger partial charge on any atom is -0.268 e. The fraction of sp³-hybridized carbons (Fsp3) is 1.00. The van der Waals surface area contributed by atoms with Crippen LogP contribution in [0.5, 0.6) is 0 Å². The Morgan fingerprint density at radius 2 is 1.17 bits per heavy atom. The lowest BCUT2D eigenvalue weighted by Crippen LogP contribution is -2.19. The summed E-state index contributed by atoms with van der Waals surface area (Å²) in [6, 6.07) is 0. The largest absolute Gasteiger partial charge is 0.299 e. The Morgan fingerprint density at radius 3 is 1.70 bits per heavy atom. The lowest BCUT2D eigenvalue weighted by atomic mass is 10.1. The average molecular weight is 353 g/mol. The fourth-order valence-corrected chi connectivity index (χ4v) is 3.49. The first-order chi connectivity index (χ1) is 11.0. The van der Waals surface area contributed by atoms with E-state index in [4.69, 9.17) is 4.18 Å². The summed E-state index contributed by atoms with van der Waals surface area (Å²) in [6.07, 6.45) is 14.2. The number of unbranched alkanes of at least 4 members (excludes halogenated alkanes) is 11. The van der Waals surface area contributed by atoms with Crippen molar-refractivity contribution >= 4 is 10.1 Å². The van der Waals surface area contributed by atoms with Crippen LogP contribution in [0, 0.1) is 0 Å². The van der Waals surface area contributed by atoms with Gasteiger partial charge in [0.15, 0.2) is 0 Å². The van der Waals surface area contributed by atoms with Gasteiger partial charge in [0.1, 0.15) is 0 Å². The molecule has 0 radical (unpaired) electrons. The minimum atomic E-state index is -4.02. The van der Waals surface area contributed by atoms with Gasteiger partial charge in [0.2, 0.25) is 5.50 Å². The summed E-state index contributed by atoms with van der Waals surface area (Å²) in [5, 5.41) is 0. The zero-order chi connectivity index (χ0) is 17.4. The summed E-state index contributed by atoms with van der Waals surface area (Å²) in [6.45, 7) is 4.34. The highest BCUT2D eigenvalue weighted by Gasteiger charge is 2.25. The van der Waals surface area contributed by atoms with Crippen LogP contribution in [-0.4, -0.2) is 20.5 Å². The molecular weight excluding hydrogens is 315 g/mol. The van der Waals surface area contributed by atoms with Crippen molar-refractivity contribution in [2.75, 3.05) is 6.61 Å². The average Bonchev–Trinajstić information content (AvgIpc) is 2.52.